The van der Waals surface area contributed by atoms with Gasteiger partial charge >= 0.3 is 5.97 Å². The van der Waals surface area contributed by atoms with Crippen LogP contribution in [0.5, 0.6) is 0 Å². The highest BCUT2D eigenvalue weighted by Crippen LogP contribution is 2.23. The SMILES string of the molecule is Cc1cc(C(=O)N2CCC[C@H]2C(=O)OC(C)(C)C)on1. The number of aromatic nitrogens is 1. The molecule has 110 valence electrons. The second-order valence-corrected chi connectivity index (χ2v) is 6.02. The van der Waals surface area contributed by atoms with Crippen molar-refractivity contribution in [1.29, 1.82) is 0 Å². The Hall–Kier alpha value is -1.85. The summed E-state index contributed by atoms with van der Waals surface area (Å²) in [5.41, 5.74) is 0.0818. The first kappa shape index (κ1) is 14.6. The van der Waals surface area contributed by atoms with Crippen molar-refractivity contribution in [1.82, 2.24) is 10.1 Å². The molecule has 1 atom stereocenters. The normalized spacial score (nSPS) is 19.2. The molecule has 1 saturated heterocycles. The number of amides is 1. The average molecular weight is 280 g/mol. The summed E-state index contributed by atoms with van der Waals surface area (Å²) in [6, 6.07) is 1.04. The van der Waals surface area contributed by atoms with E-state index in [1.54, 1.807) is 13.0 Å². The Labute approximate surface area is 118 Å². The fourth-order valence-electron chi connectivity index (χ4n) is 2.23. The Morgan fingerprint density at radius 3 is 2.70 bits per heavy atom. The second kappa shape index (κ2) is 5.26. The van der Waals surface area contributed by atoms with Crippen LogP contribution >= 0.6 is 0 Å². The number of carbonyl (C=O) groups excluding carboxylic acids is 2. The van der Waals surface area contributed by atoms with Crippen molar-refractivity contribution in [2.45, 2.75) is 52.2 Å². The number of esters is 1. The molecule has 2 heterocycles. The first-order valence-corrected chi connectivity index (χ1v) is 6.75. The number of likely N-dealkylation sites (tertiary alicyclic amines) is 1. The molecule has 0 aliphatic carbocycles. The van der Waals surface area contributed by atoms with Gasteiger partial charge in [0.05, 0.1) is 5.69 Å². The van der Waals surface area contributed by atoms with Crippen LogP contribution in [0.2, 0.25) is 0 Å². The Bertz CT molecular complexity index is 515. The summed E-state index contributed by atoms with van der Waals surface area (Å²) in [6.07, 6.45) is 1.40. The molecule has 1 amide bonds. The Morgan fingerprint density at radius 1 is 1.45 bits per heavy atom. The molecule has 1 aromatic rings. The molecule has 0 spiro atoms. The van der Waals surface area contributed by atoms with Crippen molar-refractivity contribution in [2.75, 3.05) is 6.54 Å². The maximum absolute atomic E-state index is 12.3. The zero-order valence-corrected chi connectivity index (χ0v) is 12.3. The molecule has 0 aromatic carbocycles. The van der Waals surface area contributed by atoms with Gasteiger partial charge < -0.3 is 14.2 Å². The molecule has 0 saturated carbocycles. The lowest BCUT2D eigenvalue weighted by atomic mass is 10.1. The van der Waals surface area contributed by atoms with Gasteiger partial charge in [0.1, 0.15) is 11.6 Å². The quantitative estimate of drug-likeness (QED) is 0.774. The van der Waals surface area contributed by atoms with Gasteiger partial charge in [0, 0.05) is 12.6 Å². The molecule has 0 bridgehead atoms. The second-order valence-electron chi connectivity index (χ2n) is 6.02. The van der Waals surface area contributed by atoms with Crippen LogP contribution in [-0.4, -0.2) is 40.1 Å². The number of hydrogen-bond donors (Lipinski definition) is 0. The van der Waals surface area contributed by atoms with E-state index in [0.29, 0.717) is 18.7 Å². The first-order chi connectivity index (χ1) is 9.28. The molecule has 0 unspecified atom stereocenters. The van der Waals surface area contributed by atoms with Crippen LogP contribution in [0.25, 0.3) is 0 Å². The maximum atomic E-state index is 12.3. The lowest BCUT2D eigenvalue weighted by Crippen LogP contribution is -2.43. The van der Waals surface area contributed by atoms with Gasteiger partial charge in [0.2, 0.25) is 5.76 Å². The minimum absolute atomic E-state index is 0.165. The van der Waals surface area contributed by atoms with Gasteiger partial charge in [0.15, 0.2) is 0 Å². The van der Waals surface area contributed by atoms with E-state index in [0.717, 1.165) is 6.42 Å². The molecule has 6 heteroatoms. The van der Waals surface area contributed by atoms with Crippen LogP contribution in [0.4, 0.5) is 0 Å². The Balaban J connectivity index is 2.11. The Kier molecular flexibility index (Phi) is 3.83. The summed E-state index contributed by atoms with van der Waals surface area (Å²) in [7, 11) is 0. The third-order valence-corrected chi connectivity index (χ3v) is 3.03. The minimum atomic E-state index is -0.558. The number of ether oxygens (including phenoxy) is 1. The van der Waals surface area contributed by atoms with E-state index in [1.165, 1.54) is 4.90 Å². The highest BCUT2D eigenvalue weighted by molar-refractivity contribution is 5.95. The van der Waals surface area contributed by atoms with Crippen molar-refractivity contribution in [3.05, 3.63) is 17.5 Å². The van der Waals surface area contributed by atoms with Gasteiger partial charge in [-0.15, -0.1) is 0 Å². The highest BCUT2D eigenvalue weighted by atomic mass is 16.6. The van der Waals surface area contributed by atoms with Gasteiger partial charge in [-0.05, 0) is 40.5 Å². The highest BCUT2D eigenvalue weighted by Gasteiger charge is 2.38. The van der Waals surface area contributed by atoms with E-state index >= 15 is 0 Å². The zero-order chi connectivity index (χ0) is 14.9. The fourth-order valence-corrected chi connectivity index (χ4v) is 2.23. The van der Waals surface area contributed by atoms with Crippen LogP contribution in [0.1, 0.15) is 49.9 Å². The molecule has 0 N–H and O–H groups in total. The van der Waals surface area contributed by atoms with Crippen molar-refractivity contribution >= 4 is 11.9 Å². The molecular weight excluding hydrogens is 260 g/mol. The summed E-state index contributed by atoms with van der Waals surface area (Å²) in [5, 5.41) is 3.70. The molecule has 20 heavy (non-hydrogen) atoms. The number of aryl methyl sites for hydroxylation is 1. The molecule has 2 rings (SSSR count). The lowest BCUT2D eigenvalue weighted by molar-refractivity contribution is -0.159. The summed E-state index contributed by atoms with van der Waals surface area (Å²) < 4.78 is 10.3. The molecule has 1 aliphatic heterocycles. The van der Waals surface area contributed by atoms with Crippen molar-refractivity contribution in [3.8, 4) is 0 Å². The van der Waals surface area contributed by atoms with Crippen LogP contribution in [-0.2, 0) is 9.53 Å². The topological polar surface area (TPSA) is 72.6 Å². The average Bonchev–Trinajstić information content (AvgIpc) is 2.93. The molecular formula is C14H20N2O4. The fraction of sp³-hybridized carbons (Fsp3) is 0.643. The summed E-state index contributed by atoms with van der Waals surface area (Å²) >= 11 is 0. The molecule has 0 radical (unpaired) electrons. The summed E-state index contributed by atoms with van der Waals surface area (Å²) in [4.78, 5) is 26.0. The van der Waals surface area contributed by atoms with Crippen molar-refractivity contribution in [3.63, 3.8) is 0 Å². The number of hydrogen-bond acceptors (Lipinski definition) is 5. The van der Waals surface area contributed by atoms with Crippen molar-refractivity contribution < 1.29 is 18.8 Å². The van der Waals surface area contributed by atoms with E-state index < -0.39 is 11.6 Å². The Morgan fingerprint density at radius 2 is 2.15 bits per heavy atom. The lowest BCUT2D eigenvalue weighted by Gasteiger charge is -2.26. The predicted molar refractivity (Wildman–Crippen MR) is 71.1 cm³/mol. The predicted octanol–water partition coefficient (Wildman–Crippen LogP) is 1.93. The summed E-state index contributed by atoms with van der Waals surface area (Å²) in [6.45, 7) is 7.71. The molecule has 1 aliphatic rings. The van der Waals surface area contributed by atoms with Crippen molar-refractivity contribution in [2.24, 2.45) is 0 Å². The summed E-state index contributed by atoms with van der Waals surface area (Å²) in [5.74, 6) is -0.503. The number of carbonyl (C=O) groups is 2. The molecule has 1 aromatic heterocycles. The number of nitrogens with zero attached hydrogens (tertiary/aromatic N) is 2. The standard InChI is InChI=1S/C14H20N2O4/c1-9-8-11(20-15-9)12(17)16-7-5-6-10(16)13(18)19-14(2,3)4/h8,10H,5-7H2,1-4H3/t10-/m0/s1. The van der Waals surface area contributed by atoms with Gasteiger partial charge in [-0.1, -0.05) is 5.16 Å². The maximum Gasteiger partial charge on any atom is 0.329 e. The first-order valence-electron chi connectivity index (χ1n) is 6.75. The molecule has 6 nitrogen and oxygen atoms in total. The van der Waals surface area contributed by atoms with Gasteiger partial charge in [-0.3, -0.25) is 4.79 Å². The van der Waals surface area contributed by atoms with Crippen LogP contribution in [0.3, 0.4) is 0 Å². The van der Waals surface area contributed by atoms with E-state index in [-0.39, 0.29) is 17.6 Å². The smallest absolute Gasteiger partial charge is 0.329 e. The third-order valence-electron chi connectivity index (χ3n) is 3.03. The van der Waals surface area contributed by atoms with Gasteiger partial charge in [-0.25, -0.2) is 4.79 Å². The largest absolute Gasteiger partial charge is 0.458 e. The minimum Gasteiger partial charge on any atom is -0.458 e. The van der Waals surface area contributed by atoms with E-state index in [1.807, 2.05) is 20.8 Å². The van der Waals surface area contributed by atoms with E-state index in [9.17, 15) is 9.59 Å². The zero-order valence-electron chi connectivity index (χ0n) is 12.3. The van der Waals surface area contributed by atoms with E-state index in [4.69, 9.17) is 9.26 Å². The van der Waals surface area contributed by atoms with Gasteiger partial charge in [-0.2, -0.15) is 0 Å². The van der Waals surface area contributed by atoms with E-state index in [2.05, 4.69) is 5.16 Å². The van der Waals surface area contributed by atoms with Crippen LogP contribution in [0, 0.1) is 6.92 Å². The number of rotatable bonds is 2. The monoisotopic (exact) mass is 280 g/mol. The van der Waals surface area contributed by atoms with Gasteiger partial charge in [0.25, 0.3) is 5.91 Å². The van der Waals surface area contributed by atoms with Crippen LogP contribution < -0.4 is 0 Å². The molecule has 1 fully saturated rings. The third kappa shape index (κ3) is 3.18. The van der Waals surface area contributed by atoms with Crippen LogP contribution in [0.15, 0.2) is 10.6 Å².